The lowest BCUT2D eigenvalue weighted by molar-refractivity contribution is -0.127. The van der Waals surface area contributed by atoms with Crippen LogP contribution in [0.3, 0.4) is 0 Å². The molecule has 1 amide bonds. The summed E-state index contributed by atoms with van der Waals surface area (Å²) in [6.45, 7) is 3.33. The minimum absolute atomic E-state index is 0.0401. The molecule has 2 aliphatic heterocycles. The number of piperazine rings is 1. The molecule has 2 aliphatic rings. The van der Waals surface area contributed by atoms with Crippen LogP contribution in [0.4, 0.5) is 0 Å². The van der Waals surface area contributed by atoms with Crippen LogP contribution in [0.25, 0.3) is 6.08 Å². The highest BCUT2D eigenvalue weighted by Gasteiger charge is 2.27. The van der Waals surface area contributed by atoms with Crippen molar-refractivity contribution in [1.82, 2.24) is 9.80 Å². The van der Waals surface area contributed by atoms with Gasteiger partial charge < -0.3 is 14.4 Å². The van der Waals surface area contributed by atoms with Gasteiger partial charge in [0.2, 0.25) is 12.7 Å². The number of benzene rings is 3. The maximum Gasteiger partial charge on any atom is 0.246 e. The average molecular weight is 427 g/mol. The van der Waals surface area contributed by atoms with Crippen LogP contribution in [0.5, 0.6) is 11.5 Å². The summed E-state index contributed by atoms with van der Waals surface area (Å²) in [7, 11) is 0. The predicted octanol–water partition coefficient (Wildman–Crippen LogP) is 4.36. The first-order valence-electron chi connectivity index (χ1n) is 11.0. The van der Waals surface area contributed by atoms with Gasteiger partial charge in [0.1, 0.15) is 0 Å². The fraction of sp³-hybridized carbons (Fsp3) is 0.222. The van der Waals surface area contributed by atoms with E-state index in [2.05, 4.69) is 65.6 Å². The third-order valence-electron chi connectivity index (χ3n) is 6.04. The Kier molecular flexibility index (Phi) is 5.90. The highest BCUT2D eigenvalue weighted by Crippen LogP contribution is 2.33. The molecular formula is C27H26N2O3. The number of amides is 1. The summed E-state index contributed by atoms with van der Waals surface area (Å²) in [4.78, 5) is 17.2. The van der Waals surface area contributed by atoms with Crippen LogP contribution in [0.15, 0.2) is 84.9 Å². The maximum absolute atomic E-state index is 12.8. The summed E-state index contributed by atoms with van der Waals surface area (Å²) in [6.07, 6.45) is 3.49. The molecule has 0 N–H and O–H groups in total. The first-order valence-corrected chi connectivity index (χ1v) is 11.0. The molecule has 0 unspecified atom stereocenters. The molecule has 32 heavy (non-hydrogen) atoms. The van der Waals surface area contributed by atoms with Gasteiger partial charge in [0.05, 0.1) is 6.04 Å². The molecule has 0 spiro atoms. The Hall–Kier alpha value is -3.57. The number of rotatable bonds is 5. The van der Waals surface area contributed by atoms with E-state index in [4.69, 9.17) is 9.47 Å². The fourth-order valence-corrected chi connectivity index (χ4v) is 4.37. The van der Waals surface area contributed by atoms with Crippen LogP contribution in [0.2, 0.25) is 0 Å². The molecule has 5 nitrogen and oxygen atoms in total. The van der Waals surface area contributed by atoms with Gasteiger partial charge in [-0.1, -0.05) is 66.7 Å². The minimum Gasteiger partial charge on any atom is -0.454 e. The monoisotopic (exact) mass is 426 g/mol. The smallest absolute Gasteiger partial charge is 0.246 e. The Bertz CT molecular complexity index is 1050. The molecular weight excluding hydrogens is 400 g/mol. The Balaban J connectivity index is 1.25. The SMILES string of the molecule is O=C(C=Cc1ccc2c(c1)OCO2)N1CCN(C(c2ccccc2)c2ccccc2)CC1. The van der Waals surface area contributed by atoms with E-state index in [1.165, 1.54) is 11.1 Å². The second-order valence-electron chi connectivity index (χ2n) is 8.03. The predicted molar refractivity (Wildman–Crippen MR) is 124 cm³/mol. The zero-order valence-corrected chi connectivity index (χ0v) is 17.9. The molecule has 0 radical (unpaired) electrons. The van der Waals surface area contributed by atoms with Crippen LogP contribution in [0, 0.1) is 0 Å². The van der Waals surface area contributed by atoms with Crippen molar-refractivity contribution in [3.05, 3.63) is 102 Å². The molecule has 5 rings (SSSR count). The zero-order chi connectivity index (χ0) is 21.8. The first-order chi connectivity index (χ1) is 15.8. The van der Waals surface area contributed by atoms with Gasteiger partial charge in [-0.15, -0.1) is 0 Å². The molecule has 0 atom stereocenters. The summed E-state index contributed by atoms with van der Waals surface area (Å²) in [5, 5.41) is 0. The lowest BCUT2D eigenvalue weighted by Crippen LogP contribution is -2.49. The van der Waals surface area contributed by atoms with Crippen molar-refractivity contribution in [2.24, 2.45) is 0 Å². The molecule has 1 fully saturated rings. The Morgan fingerprint density at radius 1 is 0.781 bits per heavy atom. The fourth-order valence-electron chi connectivity index (χ4n) is 4.37. The second kappa shape index (κ2) is 9.28. The van der Waals surface area contributed by atoms with Gasteiger partial charge >= 0.3 is 0 Å². The lowest BCUT2D eigenvalue weighted by atomic mass is 9.96. The summed E-state index contributed by atoms with van der Waals surface area (Å²) >= 11 is 0. The number of carbonyl (C=O) groups is 1. The number of ether oxygens (including phenoxy) is 2. The summed E-state index contributed by atoms with van der Waals surface area (Å²) in [5.41, 5.74) is 3.48. The lowest BCUT2D eigenvalue weighted by Gasteiger charge is -2.39. The van der Waals surface area contributed by atoms with Crippen molar-refractivity contribution in [3.63, 3.8) is 0 Å². The van der Waals surface area contributed by atoms with Gasteiger partial charge in [-0.2, -0.15) is 0 Å². The van der Waals surface area contributed by atoms with E-state index >= 15 is 0 Å². The van der Waals surface area contributed by atoms with E-state index < -0.39 is 0 Å². The number of fused-ring (bicyclic) bond motifs is 1. The van der Waals surface area contributed by atoms with Crippen molar-refractivity contribution in [3.8, 4) is 11.5 Å². The topological polar surface area (TPSA) is 42.0 Å². The van der Waals surface area contributed by atoms with Crippen molar-refractivity contribution >= 4 is 12.0 Å². The zero-order valence-electron chi connectivity index (χ0n) is 17.9. The molecule has 162 valence electrons. The molecule has 0 aromatic heterocycles. The highest BCUT2D eigenvalue weighted by molar-refractivity contribution is 5.92. The third kappa shape index (κ3) is 4.39. The van der Waals surface area contributed by atoms with E-state index in [1.54, 1.807) is 6.08 Å². The van der Waals surface area contributed by atoms with Crippen LogP contribution < -0.4 is 9.47 Å². The third-order valence-corrected chi connectivity index (χ3v) is 6.04. The van der Waals surface area contributed by atoms with Gasteiger partial charge in [-0.3, -0.25) is 9.69 Å². The average Bonchev–Trinajstić information content (AvgIpc) is 3.33. The van der Waals surface area contributed by atoms with Crippen molar-refractivity contribution < 1.29 is 14.3 Å². The Morgan fingerprint density at radius 2 is 1.41 bits per heavy atom. The van der Waals surface area contributed by atoms with Gasteiger partial charge in [-0.25, -0.2) is 0 Å². The van der Waals surface area contributed by atoms with Crippen LogP contribution >= 0.6 is 0 Å². The highest BCUT2D eigenvalue weighted by atomic mass is 16.7. The van der Waals surface area contributed by atoms with Crippen LogP contribution in [-0.2, 0) is 4.79 Å². The van der Waals surface area contributed by atoms with E-state index in [1.807, 2.05) is 29.2 Å². The van der Waals surface area contributed by atoms with E-state index in [9.17, 15) is 4.79 Å². The Morgan fingerprint density at radius 3 is 2.06 bits per heavy atom. The van der Waals surface area contributed by atoms with Gasteiger partial charge in [0, 0.05) is 32.3 Å². The molecule has 3 aromatic rings. The standard InChI is InChI=1S/C27H26N2O3/c30-26(14-12-21-11-13-24-25(19-21)32-20-31-24)28-15-17-29(18-16-28)27(22-7-3-1-4-8-22)23-9-5-2-6-10-23/h1-14,19,27H,15-18,20H2. The molecule has 0 aliphatic carbocycles. The van der Waals surface area contributed by atoms with Gasteiger partial charge in [-0.05, 0) is 34.9 Å². The first kappa shape index (κ1) is 20.3. The molecule has 5 heteroatoms. The van der Waals surface area contributed by atoms with Gasteiger partial charge in [0.25, 0.3) is 0 Å². The van der Waals surface area contributed by atoms with Crippen molar-refractivity contribution in [2.45, 2.75) is 6.04 Å². The number of hydrogen-bond donors (Lipinski definition) is 0. The maximum atomic E-state index is 12.8. The Labute approximate surface area is 188 Å². The molecule has 3 aromatic carbocycles. The van der Waals surface area contributed by atoms with E-state index in [0.29, 0.717) is 13.1 Å². The van der Waals surface area contributed by atoms with Crippen molar-refractivity contribution in [1.29, 1.82) is 0 Å². The molecule has 0 saturated carbocycles. The molecule has 2 heterocycles. The summed E-state index contributed by atoms with van der Waals surface area (Å²) < 4.78 is 10.8. The van der Waals surface area contributed by atoms with Crippen molar-refractivity contribution in [2.75, 3.05) is 33.0 Å². The number of carbonyl (C=O) groups excluding carboxylic acids is 1. The minimum atomic E-state index is 0.0401. The van der Waals surface area contributed by atoms with E-state index in [0.717, 1.165) is 30.2 Å². The van der Waals surface area contributed by atoms with E-state index in [-0.39, 0.29) is 18.7 Å². The second-order valence-corrected chi connectivity index (χ2v) is 8.03. The summed E-state index contributed by atoms with van der Waals surface area (Å²) in [5.74, 6) is 1.51. The number of nitrogens with zero attached hydrogens (tertiary/aromatic N) is 2. The normalized spacial score (nSPS) is 16.1. The summed E-state index contributed by atoms with van der Waals surface area (Å²) in [6, 6.07) is 27.1. The van der Waals surface area contributed by atoms with Crippen LogP contribution in [-0.4, -0.2) is 48.7 Å². The largest absolute Gasteiger partial charge is 0.454 e. The quantitative estimate of drug-likeness (QED) is 0.569. The van der Waals surface area contributed by atoms with Crippen LogP contribution in [0.1, 0.15) is 22.7 Å². The van der Waals surface area contributed by atoms with Gasteiger partial charge in [0.15, 0.2) is 11.5 Å². The molecule has 1 saturated heterocycles. The number of hydrogen-bond acceptors (Lipinski definition) is 4. The molecule has 0 bridgehead atoms.